The molecule has 0 aliphatic heterocycles. The Balaban J connectivity index is 2.84. The van der Waals surface area contributed by atoms with Crippen molar-refractivity contribution in [3.8, 4) is 0 Å². The number of aliphatic hydroxyl groups is 1. The Bertz CT molecular complexity index is 550. The van der Waals surface area contributed by atoms with Crippen LogP contribution in [0, 0.1) is 18.7 Å². The van der Waals surface area contributed by atoms with E-state index in [2.05, 4.69) is 4.72 Å². The van der Waals surface area contributed by atoms with Crippen LogP contribution < -0.4 is 10.5 Å². The van der Waals surface area contributed by atoms with E-state index < -0.39 is 21.9 Å². The number of anilines is 1. The van der Waals surface area contributed by atoms with E-state index >= 15 is 0 Å². The molecule has 1 unspecified atom stereocenters. The minimum absolute atomic E-state index is 0.0865. The third-order valence-electron chi connectivity index (χ3n) is 2.82. The van der Waals surface area contributed by atoms with Gasteiger partial charge in [0.2, 0.25) is 10.0 Å². The highest BCUT2D eigenvalue weighted by Gasteiger charge is 2.19. The van der Waals surface area contributed by atoms with Gasteiger partial charge < -0.3 is 10.8 Å². The Kier molecular flexibility index (Phi) is 5.50. The van der Waals surface area contributed by atoms with Crippen molar-refractivity contribution in [1.29, 1.82) is 0 Å². The predicted molar refractivity (Wildman–Crippen MR) is 76.2 cm³/mol. The van der Waals surface area contributed by atoms with Gasteiger partial charge in [-0.3, -0.25) is 0 Å². The van der Waals surface area contributed by atoms with Gasteiger partial charge in [0.1, 0.15) is 5.82 Å². The van der Waals surface area contributed by atoms with Crippen LogP contribution in [-0.2, 0) is 10.0 Å². The van der Waals surface area contributed by atoms with E-state index in [1.165, 1.54) is 13.0 Å². The Hall–Kier alpha value is -1.18. The molecule has 114 valence electrons. The molecule has 1 atom stereocenters. The van der Waals surface area contributed by atoms with Crippen LogP contribution >= 0.6 is 0 Å². The number of aliphatic hydroxyl groups excluding tert-OH is 1. The standard InChI is InChI=1S/C13H21FN2O3S/c1-8(2)4-10(17)7-16-20(18,19)11-5-9(3)13(14)12(15)6-11/h5-6,8,10,16-17H,4,7,15H2,1-3H3. The molecule has 0 radical (unpaired) electrons. The average molecular weight is 304 g/mol. The SMILES string of the molecule is Cc1cc(S(=O)(=O)NCC(O)CC(C)C)cc(N)c1F. The van der Waals surface area contributed by atoms with Crippen molar-refractivity contribution >= 4 is 15.7 Å². The van der Waals surface area contributed by atoms with E-state index in [0.717, 1.165) is 6.07 Å². The fourth-order valence-electron chi connectivity index (χ4n) is 1.83. The van der Waals surface area contributed by atoms with E-state index in [1.807, 2.05) is 13.8 Å². The van der Waals surface area contributed by atoms with Gasteiger partial charge in [-0.05, 0) is 37.0 Å². The van der Waals surface area contributed by atoms with Crippen molar-refractivity contribution in [3.63, 3.8) is 0 Å². The largest absolute Gasteiger partial charge is 0.396 e. The van der Waals surface area contributed by atoms with Gasteiger partial charge >= 0.3 is 0 Å². The lowest BCUT2D eigenvalue weighted by Crippen LogP contribution is -2.33. The lowest BCUT2D eigenvalue weighted by molar-refractivity contribution is 0.152. The van der Waals surface area contributed by atoms with Gasteiger partial charge in [-0.15, -0.1) is 0 Å². The topological polar surface area (TPSA) is 92.4 Å². The molecule has 0 fully saturated rings. The van der Waals surface area contributed by atoms with E-state index in [0.29, 0.717) is 6.42 Å². The monoisotopic (exact) mass is 304 g/mol. The molecule has 0 aromatic heterocycles. The highest BCUT2D eigenvalue weighted by Crippen LogP contribution is 2.20. The molecular formula is C13H21FN2O3S. The zero-order valence-electron chi connectivity index (χ0n) is 11.9. The van der Waals surface area contributed by atoms with Crippen LogP contribution in [0.1, 0.15) is 25.8 Å². The predicted octanol–water partition coefficient (Wildman–Crippen LogP) is 1.40. The van der Waals surface area contributed by atoms with Crippen molar-refractivity contribution in [2.45, 2.75) is 38.2 Å². The summed E-state index contributed by atoms with van der Waals surface area (Å²) >= 11 is 0. The summed E-state index contributed by atoms with van der Waals surface area (Å²) < 4.78 is 39.8. The molecular weight excluding hydrogens is 283 g/mol. The first kappa shape index (κ1) is 16.9. The number of hydrogen-bond acceptors (Lipinski definition) is 4. The minimum Gasteiger partial charge on any atom is -0.396 e. The van der Waals surface area contributed by atoms with Gasteiger partial charge in [-0.25, -0.2) is 17.5 Å². The van der Waals surface area contributed by atoms with E-state index in [1.54, 1.807) is 0 Å². The molecule has 0 bridgehead atoms. The summed E-state index contributed by atoms with van der Waals surface area (Å²) in [6, 6.07) is 2.28. The molecule has 0 saturated heterocycles. The van der Waals surface area contributed by atoms with Crippen LogP contribution in [-0.4, -0.2) is 26.2 Å². The average Bonchev–Trinajstić information content (AvgIpc) is 2.32. The van der Waals surface area contributed by atoms with Gasteiger partial charge in [0, 0.05) is 6.54 Å². The lowest BCUT2D eigenvalue weighted by Gasteiger charge is -2.14. The van der Waals surface area contributed by atoms with E-state index in [9.17, 15) is 17.9 Å². The molecule has 1 aromatic rings. The maximum atomic E-state index is 13.4. The Morgan fingerprint density at radius 1 is 1.40 bits per heavy atom. The molecule has 7 heteroatoms. The highest BCUT2D eigenvalue weighted by atomic mass is 32.2. The summed E-state index contributed by atoms with van der Waals surface area (Å²) in [6.45, 7) is 5.22. The summed E-state index contributed by atoms with van der Waals surface area (Å²) in [5.41, 5.74) is 5.37. The van der Waals surface area contributed by atoms with Crippen molar-refractivity contribution < 1.29 is 17.9 Å². The third kappa shape index (κ3) is 4.43. The second-order valence-electron chi connectivity index (χ2n) is 5.28. The Morgan fingerprint density at radius 3 is 2.50 bits per heavy atom. The first-order chi connectivity index (χ1) is 9.13. The quantitative estimate of drug-likeness (QED) is 0.693. The minimum atomic E-state index is -3.81. The number of benzene rings is 1. The fourth-order valence-corrected chi connectivity index (χ4v) is 3.03. The van der Waals surface area contributed by atoms with Crippen LogP contribution in [0.2, 0.25) is 0 Å². The molecule has 1 aromatic carbocycles. The lowest BCUT2D eigenvalue weighted by atomic mass is 10.1. The second-order valence-corrected chi connectivity index (χ2v) is 7.05. The number of halogens is 1. The molecule has 0 aliphatic rings. The zero-order valence-corrected chi connectivity index (χ0v) is 12.7. The summed E-state index contributed by atoms with van der Waals surface area (Å²) in [5, 5.41) is 9.67. The summed E-state index contributed by atoms with van der Waals surface area (Å²) in [7, 11) is -3.81. The van der Waals surface area contributed by atoms with Crippen LogP contribution in [0.25, 0.3) is 0 Å². The van der Waals surface area contributed by atoms with Crippen LogP contribution in [0.4, 0.5) is 10.1 Å². The van der Waals surface area contributed by atoms with Gasteiger partial charge in [0.25, 0.3) is 0 Å². The molecule has 0 spiro atoms. The van der Waals surface area contributed by atoms with Gasteiger partial charge in [-0.1, -0.05) is 13.8 Å². The van der Waals surface area contributed by atoms with Crippen molar-refractivity contribution in [1.82, 2.24) is 4.72 Å². The second kappa shape index (κ2) is 6.51. The molecule has 20 heavy (non-hydrogen) atoms. The summed E-state index contributed by atoms with van der Waals surface area (Å²) in [6.07, 6.45) is -0.267. The smallest absolute Gasteiger partial charge is 0.240 e. The maximum absolute atomic E-state index is 13.4. The zero-order chi connectivity index (χ0) is 15.5. The number of aryl methyl sites for hydroxylation is 1. The molecule has 1 rings (SSSR count). The number of nitrogen functional groups attached to an aromatic ring is 1. The van der Waals surface area contributed by atoms with Gasteiger partial charge in [0.05, 0.1) is 16.7 Å². The molecule has 4 N–H and O–H groups in total. The van der Waals surface area contributed by atoms with Gasteiger partial charge in [-0.2, -0.15) is 0 Å². The Labute approximate surface area is 119 Å². The molecule has 0 saturated carbocycles. The highest BCUT2D eigenvalue weighted by molar-refractivity contribution is 7.89. The third-order valence-corrected chi connectivity index (χ3v) is 4.22. The Morgan fingerprint density at radius 2 is 2.00 bits per heavy atom. The number of sulfonamides is 1. The molecule has 0 amide bonds. The normalized spacial score (nSPS) is 13.7. The number of rotatable bonds is 6. The number of hydrogen-bond donors (Lipinski definition) is 3. The van der Waals surface area contributed by atoms with E-state index in [-0.39, 0.29) is 28.6 Å². The molecule has 0 aliphatic carbocycles. The number of nitrogens with one attached hydrogen (secondary N) is 1. The van der Waals surface area contributed by atoms with Crippen LogP contribution in [0.3, 0.4) is 0 Å². The molecule has 0 heterocycles. The first-order valence-corrected chi connectivity index (χ1v) is 7.85. The fraction of sp³-hybridized carbons (Fsp3) is 0.538. The van der Waals surface area contributed by atoms with Crippen molar-refractivity contribution in [2.75, 3.05) is 12.3 Å². The van der Waals surface area contributed by atoms with Crippen molar-refractivity contribution in [3.05, 3.63) is 23.5 Å². The van der Waals surface area contributed by atoms with Crippen LogP contribution in [0.5, 0.6) is 0 Å². The summed E-state index contributed by atoms with van der Waals surface area (Å²) in [4.78, 5) is -0.106. The maximum Gasteiger partial charge on any atom is 0.240 e. The first-order valence-electron chi connectivity index (χ1n) is 6.37. The summed E-state index contributed by atoms with van der Waals surface area (Å²) in [5.74, 6) is -0.359. The van der Waals surface area contributed by atoms with Gasteiger partial charge in [0.15, 0.2) is 0 Å². The van der Waals surface area contributed by atoms with Crippen molar-refractivity contribution in [2.24, 2.45) is 5.92 Å². The van der Waals surface area contributed by atoms with Crippen LogP contribution in [0.15, 0.2) is 17.0 Å². The molecule has 5 nitrogen and oxygen atoms in total. The van der Waals surface area contributed by atoms with E-state index in [4.69, 9.17) is 5.73 Å². The number of nitrogens with two attached hydrogens (primary N) is 1.